The van der Waals surface area contributed by atoms with E-state index < -0.39 is 0 Å². The minimum Gasteiger partial charge on any atom is -0.462 e. The second kappa shape index (κ2) is 8.39. The molecule has 0 bridgehead atoms. The molecule has 5 heteroatoms. The molecule has 0 amide bonds. The first-order chi connectivity index (χ1) is 12.6. The van der Waals surface area contributed by atoms with Gasteiger partial charge in [-0.3, -0.25) is 0 Å². The van der Waals surface area contributed by atoms with Crippen LogP contribution in [-0.4, -0.2) is 12.6 Å². The maximum atomic E-state index is 12.6. The fourth-order valence-corrected chi connectivity index (χ4v) is 3.82. The average molecular weight is 386 g/mol. The summed E-state index contributed by atoms with van der Waals surface area (Å²) in [5, 5.41) is 6.83. The van der Waals surface area contributed by atoms with Crippen molar-refractivity contribution in [2.45, 2.75) is 20.4 Å². The molecule has 3 aromatic rings. The lowest BCUT2D eigenvalue weighted by Crippen LogP contribution is -2.09. The van der Waals surface area contributed by atoms with Gasteiger partial charge in [-0.1, -0.05) is 59.6 Å². The van der Waals surface area contributed by atoms with Crippen LogP contribution in [0.25, 0.3) is 11.1 Å². The zero-order chi connectivity index (χ0) is 18.5. The Morgan fingerprint density at radius 3 is 2.58 bits per heavy atom. The van der Waals surface area contributed by atoms with Crippen LogP contribution >= 0.6 is 22.9 Å². The molecule has 26 heavy (non-hydrogen) atoms. The first-order valence-corrected chi connectivity index (χ1v) is 9.68. The summed E-state index contributed by atoms with van der Waals surface area (Å²) < 4.78 is 5.29. The highest BCUT2D eigenvalue weighted by Gasteiger charge is 2.21. The summed E-state index contributed by atoms with van der Waals surface area (Å²) >= 11 is 7.73. The van der Waals surface area contributed by atoms with Gasteiger partial charge in [0.05, 0.1) is 6.61 Å². The largest absolute Gasteiger partial charge is 0.462 e. The molecule has 0 saturated carbocycles. The lowest BCUT2D eigenvalue weighted by Gasteiger charge is -2.10. The normalized spacial score (nSPS) is 10.6. The van der Waals surface area contributed by atoms with Crippen molar-refractivity contribution in [3.05, 3.63) is 75.6 Å². The van der Waals surface area contributed by atoms with Crippen molar-refractivity contribution < 1.29 is 9.53 Å². The van der Waals surface area contributed by atoms with Gasteiger partial charge < -0.3 is 10.1 Å². The van der Waals surface area contributed by atoms with Crippen LogP contribution in [0, 0.1) is 6.92 Å². The fourth-order valence-electron chi connectivity index (χ4n) is 2.66. The quantitative estimate of drug-likeness (QED) is 0.516. The zero-order valence-electron chi connectivity index (χ0n) is 14.7. The van der Waals surface area contributed by atoms with Crippen molar-refractivity contribution in [2.75, 3.05) is 11.9 Å². The van der Waals surface area contributed by atoms with Gasteiger partial charge in [-0.15, -0.1) is 11.3 Å². The number of aryl methyl sites for hydroxylation is 1. The third-order valence-corrected chi connectivity index (χ3v) is 5.34. The lowest BCUT2D eigenvalue weighted by molar-refractivity contribution is 0.0529. The van der Waals surface area contributed by atoms with Crippen LogP contribution in [0.5, 0.6) is 0 Å². The van der Waals surface area contributed by atoms with Gasteiger partial charge in [0.15, 0.2) is 0 Å². The molecule has 0 radical (unpaired) electrons. The molecule has 1 N–H and O–H groups in total. The molecule has 1 heterocycles. The average Bonchev–Trinajstić information content (AvgIpc) is 3.06. The highest BCUT2D eigenvalue weighted by Crippen LogP contribution is 2.36. The third-order valence-electron chi connectivity index (χ3n) is 4.03. The highest BCUT2D eigenvalue weighted by molar-refractivity contribution is 7.15. The van der Waals surface area contributed by atoms with Gasteiger partial charge in [0, 0.05) is 22.5 Å². The first kappa shape index (κ1) is 18.5. The summed E-state index contributed by atoms with van der Waals surface area (Å²) in [5.41, 5.74) is 4.62. The maximum Gasteiger partial charge on any atom is 0.341 e. The topological polar surface area (TPSA) is 38.3 Å². The number of anilines is 1. The summed E-state index contributed by atoms with van der Waals surface area (Å²) in [4.78, 5) is 12.6. The molecule has 3 nitrogen and oxygen atoms in total. The van der Waals surface area contributed by atoms with Gasteiger partial charge in [0.1, 0.15) is 10.6 Å². The molecule has 0 aliphatic heterocycles. The molecular weight excluding hydrogens is 366 g/mol. The Balaban J connectivity index is 1.93. The number of nitrogens with one attached hydrogen (secondary N) is 1. The van der Waals surface area contributed by atoms with Gasteiger partial charge in [0.2, 0.25) is 0 Å². The van der Waals surface area contributed by atoms with Gasteiger partial charge in [-0.25, -0.2) is 4.79 Å². The Bertz CT molecular complexity index is 903. The molecule has 0 saturated heterocycles. The summed E-state index contributed by atoms with van der Waals surface area (Å²) in [5.74, 6) is -0.314. The van der Waals surface area contributed by atoms with Crippen molar-refractivity contribution in [3.63, 3.8) is 0 Å². The van der Waals surface area contributed by atoms with Crippen LogP contribution in [0.2, 0.25) is 5.02 Å². The minimum atomic E-state index is -0.314. The van der Waals surface area contributed by atoms with E-state index in [9.17, 15) is 4.79 Å². The molecule has 3 rings (SSSR count). The molecule has 0 atom stereocenters. The van der Waals surface area contributed by atoms with Gasteiger partial charge in [-0.2, -0.15) is 0 Å². The molecular formula is C21H20ClNO2S. The van der Waals surface area contributed by atoms with Crippen molar-refractivity contribution in [1.29, 1.82) is 0 Å². The van der Waals surface area contributed by atoms with Crippen LogP contribution in [0.4, 0.5) is 5.00 Å². The Labute approximate surface area is 162 Å². The second-order valence-electron chi connectivity index (χ2n) is 5.88. The van der Waals surface area contributed by atoms with Crippen molar-refractivity contribution in [1.82, 2.24) is 0 Å². The molecule has 2 aromatic carbocycles. The van der Waals surface area contributed by atoms with Crippen LogP contribution in [0.15, 0.2) is 53.9 Å². The molecule has 0 unspecified atom stereocenters. The van der Waals surface area contributed by atoms with Crippen molar-refractivity contribution in [2.24, 2.45) is 0 Å². The smallest absolute Gasteiger partial charge is 0.341 e. The number of esters is 1. The number of carbonyl (C=O) groups is 1. The number of benzene rings is 2. The summed E-state index contributed by atoms with van der Waals surface area (Å²) in [7, 11) is 0. The molecule has 0 fully saturated rings. The molecule has 134 valence electrons. The van der Waals surface area contributed by atoms with Crippen LogP contribution < -0.4 is 5.32 Å². The number of ether oxygens (including phenoxy) is 1. The third kappa shape index (κ3) is 4.09. The van der Waals surface area contributed by atoms with Crippen LogP contribution in [-0.2, 0) is 11.3 Å². The van der Waals surface area contributed by atoms with Crippen molar-refractivity contribution >= 4 is 33.9 Å². The summed E-state index contributed by atoms with van der Waals surface area (Å²) in [6, 6.07) is 15.8. The van der Waals surface area contributed by atoms with Crippen molar-refractivity contribution in [3.8, 4) is 11.1 Å². The predicted octanol–water partition coefficient (Wildman–Crippen LogP) is 6.17. The second-order valence-corrected chi connectivity index (χ2v) is 7.17. The molecule has 1 aromatic heterocycles. The van der Waals surface area contributed by atoms with E-state index in [1.54, 1.807) is 0 Å². The number of thiophene rings is 1. The number of rotatable bonds is 6. The van der Waals surface area contributed by atoms with Gasteiger partial charge in [-0.05, 0) is 31.0 Å². The van der Waals surface area contributed by atoms with E-state index in [0.29, 0.717) is 23.7 Å². The monoisotopic (exact) mass is 385 g/mol. The molecule has 0 spiro atoms. The van der Waals surface area contributed by atoms with E-state index in [0.717, 1.165) is 21.7 Å². The molecule has 0 aliphatic carbocycles. The maximum absolute atomic E-state index is 12.6. The predicted molar refractivity (Wildman–Crippen MR) is 109 cm³/mol. The summed E-state index contributed by atoms with van der Waals surface area (Å²) in [6.45, 7) is 4.73. The van der Waals surface area contributed by atoms with E-state index in [1.807, 2.05) is 67.8 Å². The Morgan fingerprint density at radius 1 is 1.15 bits per heavy atom. The number of carbonyl (C=O) groups excluding carboxylic acids is 1. The van der Waals surface area contributed by atoms with E-state index in [-0.39, 0.29) is 5.97 Å². The number of hydrogen-bond donors (Lipinski definition) is 1. The SMILES string of the molecule is CCOC(=O)c1c(-c2ccc(C)cc2)csc1NCc1ccccc1Cl. The summed E-state index contributed by atoms with van der Waals surface area (Å²) in [6.07, 6.45) is 0. The van der Waals surface area contributed by atoms with Gasteiger partial charge in [0.25, 0.3) is 0 Å². The number of hydrogen-bond acceptors (Lipinski definition) is 4. The highest BCUT2D eigenvalue weighted by atomic mass is 35.5. The van der Waals surface area contributed by atoms with E-state index in [2.05, 4.69) is 5.32 Å². The lowest BCUT2D eigenvalue weighted by atomic mass is 10.0. The van der Waals surface area contributed by atoms with E-state index >= 15 is 0 Å². The minimum absolute atomic E-state index is 0.314. The standard InChI is InChI=1S/C21H20ClNO2S/c1-3-25-21(24)19-17(15-10-8-14(2)9-11-15)13-26-20(19)23-12-16-6-4-5-7-18(16)22/h4-11,13,23H,3,12H2,1-2H3. The molecule has 0 aliphatic rings. The Morgan fingerprint density at radius 2 is 1.88 bits per heavy atom. The Kier molecular flexibility index (Phi) is 5.96. The van der Waals surface area contributed by atoms with Crippen LogP contribution in [0.1, 0.15) is 28.4 Å². The zero-order valence-corrected chi connectivity index (χ0v) is 16.3. The van der Waals surface area contributed by atoms with E-state index in [4.69, 9.17) is 16.3 Å². The van der Waals surface area contributed by atoms with E-state index in [1.165, 1.54) is 16.9 Å². The Hall–Kier alpha value is -2.30. The fraction of sp³-hybridized carbons (Fsp3) is 0.190. The first-order valence-electron chi connectivity index (χ1n) is 8.43. The van der Waals surface area contributed by atoms with Gasteiger partial charge >= 0.3 is 5.97 Å². The number of halogens is 1. The van der Waals surface area contributed by atoms with Crippen LogP contribution in [0.3, 0.4) is 0 Å².